The summed E-state index contributed by atoms with van der Waals surface area (Å²) in [4.78, 5) is 12.4. The Morgan fingerprint density at radius 1 is 1.12 bits per heavy atom. The largest absolute Gasteiger partial charge is 0.496 e. The summed E-state index contributed by atoms with van der Waals surface area (Å²) in [6.07, 6.45) is 1.52. The van der Waals surface area contributed by atoms with Crippen LogP contribution in [0.3, 0.4) is 0 Å². The fourth-order valence-electron chi connectivity index (χ4n) is 3.39. The highest BCUT2D eigenvalue weighted by Crippen LogP contribution is 2.35. The van der Waals surface area contributed by atoms with Crippen LogP contribution in [0, 0.1) is 3.57 Å². The maximum atomic E-state index is 12.4. The van der Waals surface area contributed by atoms with E-state index in [0.717, 1.165) is 19.9 Å². The molecule has 0 aromatic heterocycles. The first-order valence-corrected chi connectivity index (χ1v) is 12.5. The third-order valence-electron chi connectivity index (χ3n) is 5.07. The van der Waals surface area contributed by atoms with E-state index >= 15 is 0 Å². The van der Waals surface area contributed by atoms with Crippen molar-refractivity contribution in [1.29, 1.82) is 0 Å². The summed E-state index contributed by atoms with van der Waals surface area (Å²) < 4.78 is 12.9. The van der Waals surface area contributed by atoms with E-state index in [1.807, 2.05) is 36.4 Å². The van der Waals surface area contributed by atoms with Gasteiger partial charge in [0.05, 0.1) is 26.4 Å². The fraction of sp³-hybridized carbons (Fsp3) is 0.0769. The second-order valence-corrected chi connectivity index (χ2v) is 9.71. The van der Waals surface area contributed by atoms with Crippen molar-refractivity contribution in [2.75, 3.05) is 7.11 Å². The number of hydrogen-bond donors (Lipinski definition) is 1. The van der Waals surface area contributed by atoms with Crippen molar-refractivity contribution in [3.63, 3.8) is 0 Å². The number of carbonyl (C=O) groups is 1. The number of fused-ring (bicyclic) bond motifs is 1. The third kappa shape index (κ3) is 5.71. The van der Waals surface area contributed by atoms with Crippen LogP contribution in [0.15, 0.2) is 82.4 Å². The zero-order valence-corrected chi connectivity index (χ0v) is 22.5. The Balaban J connectivity index is 1.44. The standard InChI is InChI=1S/C26H19BrClIN2O3/c1-33-24-13-18(9-10-23(24)29)26(32)31-30-14-16-11-21(27)25(22(28)12-16)34-15-19-7-4-6-17-5-2-3-8-20(17)19/h2-14H,15H2,1H3,(H,31,32)/b30-14-. The van der Waals surface area contributed by atoms with Gasteiger partial charge >= 0.3 is 0 Å². The van der Waals surface area contributed by atoms with Crippen LogP contribution in [-0.4, -0.2) is 19.2 Å². The lowest BCUT2D eigenvalue weighted by atomic mass is 10.1. The van der Waals surface area contributed by atoms with Gasteiger partial charge in [-0.3, -0.25) is 4.79 Å². The topological polar surface area (TPSA) is 59.9 Å². The summed E-state index contributed by atoms with van der Waals surface area (Å²) in [7, 11) is 1.56. The van der Waals surface area contributed by atoms with E-state index in [1.54, 1.807) is 25.3 Å². The number of hydrazone groups is 1. The van der Waals surface area contributed by atoms with Crippen LogP contribution in [-0.2, 0) is 6.61 Å². The van der Waals surface area contributed by atoms with Crippen molar-refractivity contribution in [1.82, 2.24) is 5.43 Å². The van der Waals surface area contributed by atoms with Gasteiger partial charge in [-0.2, -0.15) is 5.10 Å². The number of halogens is 3. The molecule has 0 aliphatic heterocycles. The van der Waals surface area contributed by atoms with Gasteiger partial charge in [0.25, 0.3) is 5.91 Å². The minimum Gasteiger partial charge on any atom is -0.496 e. The van der Waals surface area contributed by atoms with Gasteiger partial charge in [0, 0.05) is 5.56 Å². The fourth-order valence-corrected chi connectivity index (χ4v) is 4.94. The molecule has 0 bridgehead atoms. The van der Waals surface area contributed by atoms with Crippen molar-refractivity contribution in [2.24, 2.45) is 5.10 Å². The molecule has 0 heterocycles. The first-order valence-electron chi connectivity index (χ1n) is 10.2. The van der Waals surface area contributed by atoms with Crippen molar-refractivity contribution in [3.05, 3.63) is 103 Å². The van der Waals surface area contributed by atoms with Gasteiger partial charge in [-0.1, -0.05) is 54.1 Å². The van der Waals surface area contributed by atoms with E-state index in [2.05, 4.69) is 67.2 Å². The summed E-state index contributed by atoms with van der Waals surface area (Å²) in [6.45, 7) is 0.378. The van der Waals surface area contributed by atoms with Crippen LogP contribution in [0.25, 0.3) is 10.8 Å². The molecule has 4 aromatic carbocycles. The monoisotopic (exact) mass is 648 g/mol. The molecule has 0 unspecified atom stereocenters. The SMILES string of the molecule is COc1cc(C(=O)N/N=C\c2cc(Cl)c(OCc3cccc4ccccc34)c(Br)c2)ccc1I. The molecule has 1 amide bonds. The van der Waals surface area contributed by atoms with Gasteiger partial charge in [-0.25, -0.2) is 5.43 Å². The first-order chi connectivity index (χ1) is 16.5. The van der Waals surface area contributed by atoms with Crippen LogP contribution in [0.2, 0.25) is 5.02 Å². The lowest BCUT2D eigenvalue weighted by Crippen LogP contribution is -2.17. The molecule has 8 heteroatoms. The molecule has 4 aromatic rings. The van der Waals surface area contributed by atoms with Crippen molar-refractivity contribution in [3.8, 4) is 11.5 Å². The van der Waals surface area contributed by atoms with Crippen molar-refractivity contribution < 1.29 is 14.3 Å². The number of benzene rings is 4. The summed E-state index contributed by atoms with van der Waals surface area (Å²) in [5.74, 6) is 0.833. The zero-order chi connectivity index (χ0) is 24.1. The number of ether oxygens (including phenoxy) is 2. The molecule has 0 aliphatic carbocycles. The van der Waals surface area contributed by atoms with E-state index in [0.29, 0.717) is 38.7 Å². The molecule has 34 heavy (non-hydrogen) atoms. The average molecular weight is 650 g/mol. The number of rotatable bonds is 7. The molecular weight excluding hydrogens is 631 g/mol. The van der Waals surface area contributed by atoms with Crippen LogP contribution in [0.1, 0.15) is 21.5 Å². The molecule has 0 saturated carbocycles. The maximum Gasteiger partial charge on any atom is 0.271 e. The molecule has 0 fully saturated rings. The Labute approximate surface area is 224 Å². The number of hydrogen-bond acceptors (Lipinski definition) is 4. The molecule has 5 nitrogen and oxygen atoms in total. The van der Waals surface area contributed by atoms with Crippen molar-refractivity contribution in [2.45, 2.75) is 6.61 Å². The molecule has 0 saturated heterocycles. The van der Waals surface area contributed by atoms with Crippen LogP contribution >= 0.6 is 50.1 Å². The molecule has 0 radical (unpaired) electrons. The highest BCUT2D eigenvalue weighted by molar-refractivity contribution is 14.1. The molecule has 0 atom stereocenters. The maximum absolute atomic E-state index is 12.4. The number of nitrogens with zero attached hydrogens (tertiary/aromatic N) is 1. The average Bonchev–Trinajstić information content (AvgIpc) is 2.84. The Bertz CT molecular complexity index is 1370. The van der Waals surface area contributed by atoms with Gasteiger partial charge < -0.3 is 9.47 Å². The van der Waals surface area contributed by atoms with E-state index < -0.39 is 0 Å². The van der Waals surface area contributed by atoms with Gasteiger partial charge in [0.1, 0.15) is 12.4 Å². The summed E-state index contributed by atoms with van der Waals surface area (Å²) in [5.41, 5.74) is 4.74. The predicted octanol–water partition coefficient (Wildman–Crippen LogP) is 7.21. The Kier molecular flexibility index (Phi) is 8.07. The predicted molar refractivity (Wildman–Crippen MR) is 148 cm³/mol. The van der Waals surface area contributed by atoms with Crippen LogP contribution in [0.5, 0.6) is 11.5 Å². The lowest BCUT2D eigenvalue weighted by Gasteiger charge is -2.12. The smallest absolute Gasteiger partial charge is 0.271 e. The van der Waals surface area contributed by atoms with E-state index in [1.165, 1.54) is 6.21 Å². The molecule has 0 aliphatic rings. The Morgan fingerprint density at radius 3 is 2.71 bits per heavy atom. The number of amides is 1. The lowest BCUT2D eigenvalue weighted by molar-refractivity contribution is 0.0954. The molecule has 0 spiro atoms. The summed E-state index contributed by atoms with van der Waals surface area (Å²) in [5, 5.41) is 6.78. The Hall–Kier alpha value is -2.62. The number of methoxy groups -OCH3 is 1. The summed E-state index contributed by atoms with van der Waals surface area (Å²) in [6, 6.07) is 23.0. The van der Waals surface area contributed by atoms with E-state index in [9.17, 15) is 4.79 Å². The quantitative estimate of drug-likeness (QED) is 0.131. The summed E-state index contributed by atoms with van der Waals surface area (Å²) >= 11 is 12.2. The number of carbonyl (C=O) groups excluding carboxylic acids is 1. The van der Waals surface area contributed by atoms with Gasteiger partial charge in [-0.15, -0.1) is 0 Å². The number of nitrogens with one attached hydrogen (secondary N) is 1. The highest BCUT2D eigenvalue weighted by atomic mass is 127. The molecular formula is C26H19BrClIN2O3. The molecule has 172 valence electrons. The van der Waals surface area contributed by atoms with E-state index in [-0.39, 0.29) is 5.91 Å². The Morgan fingerprint density at radius 2 is 1.91 bits per heavy atom. The molecule has 1 N–H and O–H groups in total. The van der Waals surface area contributed by atoms with Gasteiger partial charge in [0.2, 0.25) is 0 Å². The second kappa shape index (κ2) is 11.2. The van der Waals surface area contributed by atoms with Gasteiger partial charge in [-0.05, 0) is 90.8 Å². The van der Waals surface area contributed by atoms with Crippen LogP contribution in [0.4, 0.5) is 0 Å². The van der Waals surface area contributed by atoms with Crippen LogP contribution < -0.4 is 14.9 Å². The first kappa shape index (κ1) is 24.5. The zero-order valence-electron chi connectivity index (χ0n) is 18.0. The van der Waals surface area contributed by atoms with Crippen molar-refractivity contribution >= 4 is 73.0 Å². The molecule has 4 rings (SSSR count). The second-order valence-electron chi connectivity index (χ2n) is 7.29. The van der Waals surface area contributed by atoms with E-state index in [4.69, 9.17) is 21.1 Å². The highest BCUT2D eigenvalue weighted by Gasteiger charge is 2.11. The minimum absolute atomic E-state index is 0.342. The minimum atomic E-state index is -0.342. The van der Waals surface area contributed by atoms with Gasteiger partial charge in [0.15, 0.2) is 5.75 Å². The normalized spacial score (nSPS) is 11.1. The third-order valence-corrected chi connectivity index (χ3v) is 6.83.